The van der Waals surface area contributed by atoms with E-state index < -0.39 is 6.09 Å². The summed E-state index contributed by atoms with van der Waals surface area (Å²) >= 11 is 0. The van der Waals surface area contributed by atoms with Gasteiger partial charge in [-0.3, -0.25) is 5.32 Å². The zero-order valence-corrected chi connectivity index (χ0v) is 11.0. The molecule has 2 aromatic carbocycles. The van der Waals surface area contributed by atoms with Crippen molar-refractivity contribution in [3.63, 3.8) is 0 Å². The van der Waals surface area contributed by atoms with E-state index in [9.17, 15) is 9.18 Å². The predicted molar refractivity (Wildman–Crippen MR) is 76.2 cm³/mol. The number of benzene rings is 2. The van der Waals surface area contributed by atoms with Gasteiger partial charge in [0, 0.05) is 17.9 Å². The summed E-state index contributed by atoms with van der Waals surface area (Å²) in [5, 5.41) is 5.78. The minimum Gasteiger partial charge on any atom is -0.453 e. The van der Waals surface area contributed by atoms with Crippen LogP contribution < -0.4 is 10.6 Å². The Bertz CT molecular complexity index is 567. The number of anilines is 2. The molecule has 0 aromatic heterocycles. The molecule has 0 saturated heterocycles. The molecule has 0 unspecified atom stereocenters. The Labute approximate surface area is 116 Å². The van der Waals surface area contributed by atoms with Crippen molar-refractivity contribution in [2.24, 2.45) is 0 Å². The maximum Gasteiger partial charge on any atom is 0.411 e. The molecule has 0 radical (unpaired) electrons. The molecule has 20 heavy (non-hydrogen) atoms. The highest BCUT2D eigenvalue weighted by molar-refractivity contribution is 5.84. The van der Waals surface area contributed by atoms with Crippen LogP contribution in [0.2, 0.25) is 0 Å². The lowest BCUT2D eigenvalue weighted by Gasteiger charge is -2.08. The lowest BCUT2D eigenvalue weighted by Crippen LogP contribution is -2.10. The molecule has 0 saturated carbocycles. The van der Waals surface area contributed by atoms with Crippen molar-refractivity contribution in [3.8, 4) is 0 Å². The Hall–Kier alpha value is -2.56. The van der Waals surface area contributed by atoms with Crippen molar-refractivity contribution in [3.05, 3.63) is 59.9 Å². The SMILES string of the molecule is COC(=O)Nc1ccc(NCc2ccc(F)cc2)cc1. The molecule has 0 aliphatic heterocycles. The summed E-state index contributed by atoms with van der Waals surface area (Å²) in [6, 6.07) is 13.5. The third kappa shape index (κ3) is 3.98. The maximum atomic E-state index is 12.8. The van der Waals surface area contributed by atoms with Crippen LogP contribution >= 0.6 is 0 Å². The molecule has 5 heteroatoms. The van der Waals surface area contributed by atoms with Crippen molar-refractivity contribution in [1.82, 2.24) is 0 Å². The first-order chi connectivity index (χ1) is 9.67. The molecule has 2 aromatic rings. The molecule has 0 bridgehead atoms. The summed E-state index contributed by atoms with van der Waals surface area (Å²) in [6.45, 7) is 0.601. The summed E-state index contributed by atoms with van der Waals surface area (Å²) in [4.78, 5) is 11.0. The lowest BCUT2D eigenvalue weighted by atomic mass is 10.2. The van der Waals surface area contributed by atoms with Crippen molar-refractivity contribution in [2.45, 2.75) is 6.54 Å². The smallest absolute Gasteiger partial charge is 0.411 e. The zero-order valence-electron chi connectivity index (χ0n) is 11.0. The third-order valence-corrected chi connectivity index (χ3v) is 2.73. The number of halogens is 1. The minimum atomic E-state index is -0.503. The Morgan fingerprint density at radius 1 is 1.05 bits per heavy atom. The molecular weight excluding hydrogens is 259 g/mol. The Morgan fingerprint density at radius 2 is 1.65 bits per heavy atom. The number of carbonyl (C=O) groups is 1. The number of hydrogen-bond donors (Lipinski definition) is 2. The summed E-state index contributed by atoms with van der Waals surface area (Å²) in [5.74, 6) is -0.244. The molecule has 0 atom stereocenters. The van der Waals surface area contributed by atoms with Gasteiger partial charge in [0.25, 0.3) is 0 Å². The van der Waals surface area contributed by atoms with E-state index in [1.165, 1.54) is 19.2 Å². The quantitative estimate of drug-likeness (QED) is 0.895. The minimum absolute atomic E-state index is 0.244. The first kappa shape index (κ1) is 13.9. The summed E-state index contributed by atoms with van der Waals surface area (Å²) in [7, 11) is 1.31. The predicted octanol–water partition coefficient (Wildman–Crippen LogP) is 3.62. The Balaban J connectivity index is 1.90. The molecule has 0 aliphatic rings. The van der Waals surface area contributed by atoms with Crippen LogP contribution in [0.25, 0.3) is 0 Å². The van der Waals surface area contributed by atoms with Gasteiger partial charge in [0.05, 0.1) is 7.11 Å². The van der Waals surface area contributed by atoms with Gasteiger partial charge in [-0.05, 0) is 42.0 Å². The number of amides is 1. The summed E-state index contributed by atoms with van der Waals surface area (Å²) < 4.78 is 17.3. The first-order valence-corrected chi connectivity index (χ1v) is 6.11. The van der Waals surface area contributed by atoms with Crippen molar-refractivity contribution in [1.29, 1.82) is 0 Å². The fourth-order valence-corrected chi connectivity index (χ4v) is 1.65. The van der Waals surface area contributed by atoms with E-state index in [0.29, 0.717) is 12.2 Å². The highest BCUT2D eigenvalue weighted by Crippen LogP contribution is 2.15. The van der Waals surface area contributed by atoms with Crippen molar-refractivity contribution < 1.29 is 13.9 Å². The van der Waals surface area contributed by atoms with E-state index in [0.717, 1.165) is 11.3 Å². The molecule has 0 spiro atoms. The highest BCUT2D eigenvalue weighted by atomic mass is 19.1. The fourth-order valence-electron chi connectivity index (χ4n) is 1.65. The monoisotopic (exact) mass is 274 g/mol. The van der Waals surface area contributed by atoms with Crippen LogP contribution in [-0.4, -0.2) is 13.2 Å². The van der Waals surface area contributed by atoms with E-state index in [-0.39, 0.29) is 5.82 Å². The van der Waals surface area contributed by atoms with E-state index in [4.69, 9.17) is 0 Å². The standard InChI is InChI=1S/C15H15FN2O2/c1-20-15(19)18-14-8-6-13(7-9-14)17-10-11-2-4-12(16)5-3-11/h2-9,17H,10H2,1H3,(H,18,19). The van der Waals surface area contributed by atoms with Gasteiger partial charge in [-0.15, -0.1) is 0 Å². The van der Waals surface area contributed by atoms with Crippen LogP contribution in [0.3, 0.4) is 0 Å². The van der Waals surface area contributed by atoms with Gasteiger partial charge >= 0.3 is 6.09 Å². The number of hydrogen-bond acceptors (Lipinski definition) is 3. The van der Waals surface area contributed by atoms with E-state index in [1.807, 2.05) is 12.1 Å². The van der Waals surface area contributed by atoms with Crippen molar-refractivity contribution >= 4 is 17.5 Å². The number of ether oxygens (including phenoxy) is 1. The molecule has 2 N–H and O–H groups in total. The van der Waals surface area contributed by atoms with Gasteiger partial charge in [-0.25, -0.2) is 9.18 Å². The van der Waals surface area contributed by atoms with Crippen LogP contribution in [0, 0.1) is 5.82 Å². The molecule has 4 nitrogen and oxygen atoms in total. The fraction of sp³-hybridized carbons (Fsp3) is 0.133. The molecule has 0 aliphatic carbocycles. The van der Waals surface area contributed by atoms with Crippen LogP contribution in [0.5, 0.6) is 0 Å². The van der Waals surface area contributed by atoms with E-state index in [1.54, 1.807) is 24.3 Å². The van der Waals surface area contributed by atoms with Gasteiger partial charge in [0.2, 0.25) is 0 Å². The third-order valence-electron chi connectivity index (χ3n) is 2.73. The zero-order chi connectivity index (χ0) is 14.4. The highest BCUT2D eigenvalue weighted by Gasteiger charge is 2.00. The normalized spacial score (nSPS) is 9.90. The molecule has 104 valence electrons. The van der Waals surface area contributed by atoms with Crippen molar-refractivity contribution in [2.75, 3.05) is 17.7 Å². The second-order valence-electron chi connectivity index (χ2n) is 4.17. The average Bonchev–Trinajstić information content (AvgIpc) is 2.48. The number of methoxy groups -OCH3 is 1. The van der Waals surface area contributed by atoms with Gasteiger partial charge in [-0.1, -0.05) is 12.1 Å². The number of rotatable bonds is 4. The molecule has 0 heterocycles. The van der Waals surface area contributed by atoms with Crippen LogP contribution in [-0.2, 0) is 11.3 Å². The van der Waals surface area contributed by atoms with Crippen LogP contribution in [0.4, 0.5) is 20.6 Å². The molecule has 0 fully saturated rings. The number of nitrogens with one attached hydrogen (secondary N) is 2. The van der Waals surface area contributed by atoms with Gasteiger partial charge < -0.3 is 10.1 Å². The molecule has 2 rings (SSSR count). The van der Waals surface area contributed by atoms with Crippen LogP contribution in [0.1, 0.15) is 5.56 Å². The topological polar surface area (TPSA) is 50.4 Å². The first-order valence-electron chi connectivity index (χ1n) is 6.11. The average molecular weight is 274 g/mol. The Kier molecular flexibility index (Phi) is 4.55. The van der Waals surface area contributed by atoms with Gasteiger partial charge in [-0.2, -0.15) is 0 Å². The maximum absolute atomic E-state index is 12.8. The van der Waals surface area contributed by atoms with Gasteiger partial charge in [0.1, 0.15) is 5.82 Å². The largest absolute Gasteiger partial charge is 0.453 e. The summed E-state index contributed by atoms with van der Waals surface area (Å²) in [5.41, 5.74) is 2.55. The van der Waals surface area contributed by atoms with Crippen LogP contribution in [0.15, 0.2) is 48.5 Å². The van der Waals surface area contributed by atoms with E-state index in [2.05, 4.69) is 15.4 Å². The lowest BCUT2D eigenvalue weighted by molar-refractivity contribution is 0.187. The van der Waals surface area contributed by atoms with Gasteiger partial charge in [0.15, 0.2) is 0 Å². The second kappa shape index (κ2) is 6.56. The second-order valence-corrected chi connectivity index (χ2v) is 4.17. The molecular formula is C15H15FN2O2. The number of carbonyl (C=O) groups excluding carboxylic acids is 1. The van der Waals surface area contributed by atoms with E-state index >= 15 is 0 Å². The molecule has 1 amide bonds. The Morgan fingerprint density at radius 3 is 2.25 bits per heavy atom. The summed E-state index contributed by atoms with van der Waals surface area (Å²) in [6.07, 6.45) is -0.503.